The molecule has 2 amide bonds. The molecule has 1 aliphatic heterocycles. The Kier molecular flexibility index (Phi) is 7.12. The molecule has 3 rings (SSSR count). The molecule has 0 bridgehead atoms. The van der Waals surface area contributed by atoms with Crippen molar-refractivity contribution in [2.24, 2.45) is 5.92 Å². The monoisotopic (exact) mass is 449 g/mol. The molecule has 1 aliphatic rings. The van der Waals surface area contributed by atoms with Gasteiger partial charge in [-0.15, -0.1) is 0 Å². The highest BCUT2D eigenvalue weighted by Crippen LogP contribution is 2.21. The fourth-order valence-corrected chi connectivity index (χ4v) is 4.57. The first-order valence-corrected chi connectivity index (χ1v) is 11.4. The second kappa shape index (κ2) is 9.59. The molecule has 0 spiro atoms. The normalized spacial score (nSPS) is 15.2. The Morgan fingerprint density at radius 1 is 1.07 bits per heavy atom. The number of sulfonamides is 1. The van der Waals surface area contributed by atoms with Crippen molar-refractivity contribution >= 4 is 39.1 Å². The van der Waals surface area contributed by atoms with E-state index in [1.165, 1.54) is 31.3 Å². The van der Waals surface area contributed by atoms with Crippen LogP contribution in [0.2, 0.25) is 5.02 Å². The predicted octanol–water partition coefficient (Wildman–Crippen LogP) is 2.84. The van der Waals surface area contributed by atoms with Gasteiger partial charge < -0.3 is 10.2 Å². The molecular weight excluding hydrogens is 426 g/mol. The number of nitrogens with one attached hydrogen (secondary N) is 1. The van der Waals surface area contributed by atoms with E-state index >= 15 is 0 Å². The van der Waals surface area contributed by atoms with E-state index in [4.69, 9.17) is 11.6 Å². The van der Waals surface area contributed by atoms with Crippen molar-refractivity contribution in [3.05, 3.63) is 59.6 Å². The minimum atomic E-state index is -3.79. The topological polar surface area (TPSA) is 86.8 Å². The number of nitrogens with zero attached hydrogens (tertiary/aromatic N) is 2. The Morgan fingerprint density at radius 2 is 1.67 bits per heavy atom. The van der Waals surface area contributed by atoms with Crippen LogP contribution in [0, 0.1) is 5.92 Å². The lowest BCUT2D eigenvalue weighted by Gasteiger charge is -2.32. The average molecular weight is 450 g/mol. The van der Waals surface area contributed by atoms with E-state index in [1.807, 2.05) is 30.3 Å². The number of anilines is 1. The smallest absolute Gasteiger partial charge is 0.243 e. The Hall–Kier alpha value is -2.42. The lowest BCUT2D eigenvalue weighted by Crippen LogP contribution is -2.46. The van der Waals surface area contributed by atoms with Gasteiger partial charge >= 0.3 is 0 Å². The van der Waals surface area contributed by atoms with Crippen molar-refractivity contribution in [3.8, 4) is 0 Å². The second-order valence-corrected chi connectivity index (χ2v) is 9.71. The molecule has 0 aromatic heterocycles. The van der Waals surface area contributed by atoms with Gasteiger partial charge in [0.15, 0.2) is 0 Å². The Balaban J connectivity index is 1.52. The number of piperidine rings is 1. The SMILES string of the molecule is CN(CC(=O)N1CCC(C(=O)Nc2ccccc2)CC1)S(=O)(=O)c1ccc(Cl)cc1. The van der Waals surface area contributed by atoms with Gasteiger partial charge in [-0.05, 0) is 49.2 Å². The van der Waals surface area contributed by atoms with Crippen LogP contribution in [0.4, 0.5) is 5.69 Å². The minimum absolute atomic E-state index is 0.0595. The molecule has 2 aromatic rings. The number of amides is 2. The van der Waals surface area contributed by atoms with E-state index in [1.54, 1.807) is 4.90 Å². The highest BCUT2D eigenvalue weighted by Gasteiger charge is 2.30. The highest BCUT2D eigenvalue weighted by molar-refractivity contribution is 7.89. The summed E-state index contributed by atoms with van der Waals surface area (Å²) < 4.78 is 26.3. The standard InChI is InChI=1S/C21H24ClN3O4S/c1-24(30(28,29)19-9-7-17(22)8-10-19)15-20(26)25-13-11-16(12-14-25)21(27)23-18-5-3-2-4-6-18/h2-10,16H,11-15H2,1H3,(H,23,27). The summed E-state index contributed by atoms with van der Waals surface area (Å²) in [4.78, 5) is 26.7. The summed E-state index contributed by atoms with van der Waals surface area (Å²) in [6.45, 7) is 0.576. The van der Waals surface area contributed by atoms with E-state index in [2.05, 4.69) is 5.32 Å². The largest absolute Gasteiger partial charge is 0.342 e. The van der Waals surface area contributed by atoms with Gasteiger partial charge in [-0.25, -0.2) is 8.42 Å². The van der Waals surface area contributed by atoms with Crippen LogP contribution in [-0.2, 0) is 19.6 Å². The molecule has 1 N–H and O–H groups in total. The zero-order chi connectivity index (χ0) is 21.7. The highest BCUT2D eigenvalue weighted by atomic mass is 35.5. The molecule has 160 valence electrons. The zero-order valence-electron chi connectivity index (χ0n) is 16.6. The number of rotatable bonds is 6. The third-order valence-electron chi connectivity index (χ3n) is 5.14. The van der Waals surface area contributed by atoms with Crippen molar-refractivity contribution in [3.63, 3.8) is 0 Å². The number of benzene rings is 2. The Labute approximate surface area is 181 Å². The van der Waals surface area contributed by atoms with Crippen LogP contribution in [0.5, 0.6) is 0 Å². The van der Waals surface area contributed by atoms with Crippen molar-refractivity contribution in [2.75, 3.05) is 32.0 Å². The van der Waals surface area contributed by atoms with E-state index in [-0.39, 0.29) is 29.2 Å². The first-order valence-electron chi connectivity index (χ1n) is 9.63. The molecule has 0 atom stereocenters. The molecular formula is C21H24ClN3O4S. The number of hydrogen-bond donors (Lipinski definition) is 1. The molecule has 0 aliphatic carbocycles. The molecule has 1 saturated heterocycles. The predicted molar refractivity (Wildman–Crippen MR) is 116 cm³/mol. The molecule has 2 aromatic carbocycles. The summed E-state index contributed by atoms with van der Waals surface area (Å²) in [6, 6.07) is 15.1. The van der Waals surface area contributed by atoms with E-state index in [0.717, 1.165) is 9.99 Å². The van der Waals surface area contributed by atoms with Crippen LogP contribution >= 0.6 is 11.6 Å². The molecule has 1 fully saturated rings. The first-order chi connectivity index (χ1) is 14.3. The van der Waals surface area contributed by atoms with Crippen LogP contribution in [-0.4, -0.2) is 56.1 Å². The quantitative estimate of drug-likeness (QED) is 0.734. The van der Waals surface area contributed by atoms with Gasteiger partial charge in [0.05, 0.1) is 11.4 Å². The van der Waals surface area contributed by atoms with Crippen LogP contribution in [0.3, 0.4) is 0 Å². The summed E-state index contributed by atoms with van der Waals surface area (Å²) in [7, 11) is -2.41. The number of hydrogen-bond acceptors (Lipinski definition) is 4. The third-order valence-corrected chi connectivity index (χ3v) is 7.21. The average Bonchev–Trinajstić information content (AvgIpc) is 2.74. The fourth-order valence-electron chi connectivity index (χ4n) is 3.32. The van der Waals surface area contributed by atoms with Crippen molar-refractivity contribution < 1.29 is 18.0 Å². The number of halogens is 1. The first kappa shape index (κ1) is 22.3. The van der Waals surface area contributed by atoms with Gasteiger partial charge in [0.1, 0.15) is 0 Å². The number of likely N-dealkylation sites (tertiary alicyclic amines) is 1. The lowest BCUT2D eigenvalue weighted by atomic mass is 9.95. The summed E-state index contributed by atoms with van der Waals surface area (Å²) in [6.07, 6.45) is 1.08. The summed E-state index contributed by atoms with van der Waals surface area (Å²) in [5.74, 6) is -0.516. The number of likely N-dealkylation sites (N-methyl/N-ethyl adjacent to an activating group) is 1. The maximum absolute atomic E-state index is 12.6. The zero-order valence-corrected chi connectivity index (χ0v) is 18.2. The van der Waals surface area contributed by atoms with E-state index in [0.29, 0.717) is 31.0 Å². The van der Waals surface area contributed by atoms with Gasteiger partial charge in [-0.1, -0.05) is 29.8 Å². The molecule has 0 unspecified atom stereocenters. The van der Waals surface area contributed by atoms with E-state index < -0.39 is 10.0 Å². The minimum Gasteiger partial charge on any atom is -0.342 e. The van der Waals surface area contributed by atoms with E-state index in [9.17, 15) is 18.0 Å². The number of para-hydroxylation sites is 1. The van der Waals surface area contributed by atoms with Gasteiger partial charge in [0.2, 0.25) is 21.8 Å². The van der Waals surface area contributed by atoms with Gasteiger partial charge in [-0.2, -0.15) is 4.31 Å². The molecule has 0 radical (unpaired) electrons. The Morgan fingerprint density at radius 3 is 2.27 bits per heavy atom. The second-order valence-electron chi connectivity index (χ2n) is 7.23. The summed E-state index contributed by atoms with van der Waals surface area (Å²) in [5.41, 5.74) is 0.745. The molecule has 7 nitrogen and oxygen atoms in total. The number of carbonyl (C=O) groups is 2. The van der Waals surface area contributed by atoms with Crippen molar-refractivity contribution in [1.82, 2.24) is 9.21 Å². The maximum Gasteiger partial charge on any atom is 0.243 e. The molecule has 30 heavy (non-hydrogen) atoms. The molecule has 1 heterocycles. The number of carbonyl (C=O) groups excluding carboxylic acids is 2. The van der Waals surface area contributed by atoms with Crippen LogP contribution in [0.15, 0.2) is 59.5 Å². The van der Waals surface area contributed by atoms with Crippen LogP contribution < -0.4 is 5.32 Å². The van der Waals surface area contributed by atoms with Crippen molar-refractivity contribution in [1.29, 1.82) is 0 Å². The maximum atomic E-state index is 12.6. The third kappa shape index (κ3) is 5.38. The molecule has 9 heteroatoms. The summed E-state index contributed by atoms with van der Waals surface area (Å²) in [5, 5.41) is 3.33. The fraction of sp³-hybridized carbons (Fsp3) is 0.333. The molecule has 0 saturated carbocycles. The van der Waals surface area contributed by atoms with Gasteiger partial charge in [0, 0.05) is 36.8 Å². The Bertz CT molecular complexity index is 989. The summed E-state index contributed by atoms with van der Waals surface area (Å²) >= 11 is 5.81. The van der Waals surface area contributed by atoms with Gasteiger partial charge in [0.25, 0.3) is 0 Å². The van der Waals surface area contributed by atoms with Gasteiger partial charge in [-0.3, -0.25) is 9.59 Å². The van der Waals surface area contributed by atoms with Crippen LogP contribution in [0.1, 0.15) is 12.8 Å². The lowest BCUT2D eigenvalue weighted by molar-refractivity contribution is -0.134. The van der Waals surface area contributed by atoms with Crippen molar-refractivity contribution in [2.45, 2.75) is 17.7 Å². The van der Waals surface area contributed by atoms with Crippen LogP contribution in [0.25, 0.3) is 0 Å².